The van der Waals surface area contributed by atoms with Gasteiger partial charge in [-0.15, -0.1) is 10.2 Å². The van der Waals surface area contributed by atoms with E-state index in [-0.39, 0.29) is 6.04 Å². The first kappa shape index (κ1) is 11.2. The number of hydrogen-bond donors (Lipinski definition) is 1. The number of rotatable bonds is 5. The van der Waals surface area contributed by atoms with Crippen LogP contribution in [0.1, 0.15) is 45.5 Å². The van der Waals surface area contributed by atoms with Gasteiger partial charge < -0.3 is 10.3 Å². The van der Waals surface area contributed by atoms with Crippen LogP contribution in [0.5, 0.6) is 0 Å². The summed E-state index contributed by atoms with van der Waals surface area (Å²) < 4.78 is 2.05. The zero-order valence-electron chi connectivity index (χ0n) is 9.27. The second kappa shape index (κ2) is 5.10. The lowest BCUT2D eigenvalue weighted by Crippen LogP contribution is -2.18. The lowest BCUT2D eigenvalue weighted by Gasteiger charge is -2.14. The number of aryl methyl sites for hydroxylation is 1. The van der Waals surface area contributed by atoms with Crippen molar-refractivity contribution < 1.29 is 0 Å². The third-order valence-corrected chi connectivity index (χ3v) is 2.17. The topological polar surface area (TPSA) is 56.7 Å². The first-order valence-electron chi connectivity index (χ1n) is 5.28. The van der Waals surface area contributed by atoms with Crippen LogP contribution in [-0.4, -0.2) is 14.8 Å². The van der Waals surface area contributed by atoms with Gasteiger partial charge in [0.1, 0.15) is 12.2 Å². The molecule has 4 nitrogen and oxygen atoms in total. The molecule has 0 spiro atoms. The van der Waals surface area contributed by atoms with Gasteiger partial charge in [-0.05, 0) is 18.8 Å². The monoisotopic (exact) mass is 196 g/mol. The van der Waals surface area contributed by atoms with E-state index in [2.05, 4.69) is 31.0 Å². The molecule has 80 valence electrons. The van der Waals surface area contributed by atoms with Crippen molar-refractivity contribution in [1.82, 2.24) is 14.8 Å². The molecule has 1 aromatic rings. The molecule has 0 aromatic carbocycles. The summed E-state index contributed by atoms with van der Waals surface area (Å²) in [7, 11) is 0. The van der Waals surface area contributed by atoms with E-state index in [1.54, 1.807) is 6.33 Å². The first-order chi connectivity index (χ1) is 6.65. The first-order valence-corrected chi connectivity index (χ1v) is 5.28. The quantitative estimate of drug-likeness (QED) is 0.780. The summed E-state index contributed by atoms with van der Waals surface area (Å²) in [4.78, 5) is 0. The van der Waals surface area contributed by atoms with Gasteiger partial charge >= 0.3 is 0 Å². The third kappa shape index (κ3) is 2.80. The lowest BCUT2D eigenvalue weighted by molar-refractivity contribution is 0.471. The molecule has 14 heavy (non-hydrogen) atoms. The average Bonchev–Trinajstić information content (AvgIpc) is 2.51. The second-order valence-corrected chi connectivity index (χ2v) is 4.12. The highest BCUT2D eigenvalue weighted by atomic mass is 15.3. The maximum atomic E-state index is 6.05. The largest absolute Gasteiger partial charge is 0.321 e. The van der Waals surface area contributed by atoms with Crippen LogP contribution in [-0.2, 0) is 6.54 Å². The van der Waals surface area contributed by atoms with Gasteiger partial charge in [-0.25, -0.2) is 0 Å². The van der Waals surface area contributed by atoms with E-state index >= 15 is 0 Å². The Bertz CT molecular complexity index is 267. The molecule has 0 fully saturated rings. The van der Waals surface area contributed by atoms with E-state index in [9.17, 15) is 0 Å². The van der Waals surface area contributed by atoms with Gasteiger partial charge in [0.2, 0.25) is 0 Å². The van der Waals surface area contributed by atoms with Gasteiger partial charge in [0.25, 0.3) is 0 Å². The molecule has 0 radical (unpaired) electrons. The van der Waals surface area contributed by atoms with E-state index < -0.39 is 0 Å². The molecular formula is C10H20N4. The Hall–Kier alpha value is -0.900. The SMILES string of the molecule is CCCn1cnnc1[C@@H](N)CC(C)C. The summed E-state index contributed by atoms with van der Waals surface area (Å²) >= 11 is 0. The average molecular weight is 196 g/mol. The summed E-state index contributed by atoms with van der Waals surface area (Å²) in [6, 6.07) is 0.0176. The predicted molar refractivity (Wildman–Crippen MR) is 56.7 cm³/mol. The number of aromatic nitrogens is 3. The van der Waals surface area contributed by atoms with Crippen molar-refractivity contribution >= 4 is 0 Å². The van der Waals surface area contributed by atoms with Crippen molar-refractivity contribution in [3.63, 3.8) is 0 Å². The summed E-state index contributed by atoms with van der Waals surface area (Å²) in [6.07, 6.45) is 3.81. The maximum absolute atomic E-state index is 6.05. The Labute approximate surface area is 85.5 Å². The van der Waals surface area contributed by atoms with Gasteiger partial charge in [0.15, 0.2) is 0 Å². The molecule has 1 rings (SSSR count). The zero-order chi connectivity index (χ0) is 10.6. The van der Waals surface area contributed by atoms with Crippen molar-refractivity contribution in [3.8, 4) is 0 Å². The number of nitrogens with zero attached hydrogens (tertiary/aromatic N) is 3. The van der Waals surface area contributed by atoms with Crippen molar-refractivity contribution in [2.45, 2.75) is 46.2 Å². The highest BCUT2D eigenvalue weighted by molar-refractivity contribution is 4.93. The zero-order valence-corrected chi connectivity index (χ0v) is 9.27. The number of nitrogens with two attached hydrogens (primary N) is 1. The molecule has 0 saturated carbocycles. The molecule has 0 bridgehead atoms. The normalized spacial score (nSPS) is 13.5. The fourth-order valence-electron chi connectivity index (χ4n) is 1.58. The second-order valence-electron chi connectivity index (χ2n) is 4.12. The molecule has 2 N–H and O–H groups in total. The Morgan fingerprint density at radius 2 is 2.21 bits per heavy atom. The highest BCUT2D eigenvalue weighted by Crippen LogP contribution is 2.16. The predicted octanol–water partition coefficient (Wildman–Crippen LogP) is 1.73. The fourth-order valence-corrected chi connectivity index (χ4v) is 1.58. The van der Waals surface area contributed by atoms with E-state index in [0.717, 1.165) is 25.2 Å². The molecule has 0 saturated heterocycles. The van der Waals surface area contributed by atoms with Gasteiger partial charge in [0, 0.05) is 6.54 Å². The van der Waals surface area contributed by atoms with Crippen molar-refractivity contribution in [2.24, 2.45) is 11.7 Å². The standard InChI is InChI=1S/C10H20N4/c1-4-5-14-7-12-13-10(14)9(11)6-8(2)3/h7-9H,4-6,11H2,1-3H3/t9-/m0/s1. The molecular weight excluding hydrogens is 176 g/mol. The van der Waals surface area contributed by atoms with E-state index in [1.165, 1.54) is 0 Å². The maximum Gasteiger partial charge on any atom is 0.149 e. The third-order valence-electron chi connectivity index (χ3n) is 2.17. The Balaban J connectivity index is 2.68. The smallest absolute Gasteiger partial charge is 0.149 e. The summed E-state index contributed by atoms with van der Waals surface area (Å²) in [5, 5.41) is 7.98. The van der Waals surface area contributed by atoms with Crippen LogP contribution in [0.15, 0.2) is 6.33 Å². The van der Waals surface area contributed by atoms with E-state index in [1.807, 2.05) is 4.57 Å². The minimum Gasteiger partial charge on any atom is -0.321 e. The fraction of sp³-hybridized carbons (Fsp3) is 0.800. The summed E-state index contributed by atoms with van der Waals surface area (Å²) in [5.41, 5.74) is 6.05. The Morgan fingerprint density at radius 3 is 2.79 bits per heavy atom. The van der Waals surface area contributed by atoms with Gasteiger partial charge in [-0.2, -0.15) is 0 Å². The molecule has 4 heteroatoms. The van der Waals surface area contributed by atoms with Crippen LogP contribution in [0.25, 0.3) is 0 Å². The van der Waals surface area contributed by atoms with Crippen molar-refractivity contribution in [2.75, 3.05) is 0 Å². The molecule has 1 aromatic heterocycles. The van der Waals surface area contributed by atoms with E-state index in [0.29, 0.717) is 5.92 Å². The van der Waals surface area contributed by atoms with Crippen LogP contribution in [0.3, 0.4) is 0 Å². The van der Waals surface area contributed by atoms with Gasteiger partial charge in [-0.3, -0.25) is 0 Å². The van der Waals surface area contributed by atoms with Crippen LogP contribution in [0, 0.1) is 5.92 Å². The van der Waals surface area contributed by atoms with Crippen LogP contribution < -0.4 is 5.73 Å². The summed E-state index contributed by atoms with van der Waals surface area (Å²) in [5.74, 6) is 1.51. The van der Waals surface area contributed by atoms with Crippen LogP contribution >= 0.6 is 0 Å². The molecule has 0 aliphatic rings. The minimum atomic E-state index is 0.0176. The van der Waals surface area contributed by atoms with E-state index in [4.69, 9.17) is 5.73 Å². The minimum absolute atomic E-state index is 0.0176. The molecule has 0 amide bonds. The van der Waals surface area contributed by atoms with Crippen LogP contribution in [0.4, 0.5) is 0 Å². The Morgan fingerprint density at radius 1 is 1.50 bits per heavy atom. The molecule has 0 aliphatic heterocycles. The molecule has 0 aliphatic carbocycles. The lowest BCUT2D eigenvalue weighted by atomic mass is 10.0. The van der Waals surface area contributed by atoms with Crippen molar-refractivity contribution in [1.29, 1.82) is 0 Å². The molecule has 1 heterocycles. The summed E-state index contributed by atoms with van der Waals surface area (Å²) in [6.45, 7) is 7.42. The number of hydrogen-bond acceptors (Lipinski definition) is 3. The van der Waals surface area contributed by atoms with Crippen molar-refractivity contribution in [3.05, 3.63) is 12.2 Å². The Kier molecular flexibility index (Phi) is 4.07. The highest BCUT2D eigenvalue weighted by Gasteiger charge is 2.14. The molecule has 1 atom stereocenters. The molecule has 0 unspecified atom stereocenters. The van der Waals surface area contributed by atoms with Gasteiger partial charge in [-0.1, -0.05) is 20.8 Å². The van der Waals surface area contributed by atoms with Crippen LogP contribution in [0.2, 0.25) is 0 Å². The van der Waals surface area contributed by atoms with Gasteiger partial charge in [0.05, 0.1) is 6.04 Å².